The third-order valence-corrected chi connectivity index (χ3v) is 12.9. The first-order valence-corrected chi connectivity index (χ1v) is 14.8. The van der Waals surface area contributed by atoms with Crippen molar-refractivity contribution in [2.75, 3.05) is 0 Å². The van der Waals surface area contributed by atoms with Crippen molar-refractivity contribution in [1.29, 1.82) is 0 Å². The maximum Gasteiger partial charge on any atom is 0.0633 e. The van der Waals surface area contributed by atoms with Gasteiger partial charge in [-0.1, -0.05) is 103 Å². The molecule has 2 heteroatoms. The molecule has 32 heavy (non-hydrogen) atoms. The Bertz CT molecular complexity index is 481. The Morgan fingerprint density at radius 1 is 0.281 bits per heavy atom. The van der Waals surface area contributed by atoms with Gasteiger partial charge in [-0.2, -0.15) is 0 Å². The van der Waals surface area contributed by atoms with Gasteiger partial charge in [-0.05, 0) is 88.0 Å². The SMILES string of the molecule is C[C]1[C](C)[C](C)[C](C)[C]1C.C[C]1[C](C)[C](C)[C]([Si](C)(C)[C]2[C](C)[C](C)[C](C)[C]2C)[C]1C.[Sm]. The van der Waals surface area contributed by atoms with E-state index in [2.05, 4.69) is 103 Å². The fraction of sp³-hybridized carbons (Fsp3) is 0.500. The van der Waals surface area contributed by atoms with Gasteiger partial charge < -0.3 is 0 Å². The van der Waals surface area contributed by atoms with Gasteiger partial charge in [0, 0.05) is 40.4 Å². The summed E-state index contributed by atoms with van der Waals surface area (Å²) in [5, 5.41) is 0. The van der Waals surface area contributed by atoms with Gasteiger partial charge in [-0.3, -0.25) is 0 Å². The molecular weight excluding hydrogens is 539 g/mol. The molecule has 0 N–H and O–H groups in total. The van der Waals surface area contributed by atoms with Crippen LogP contribution in [0.2, 0.25) is 13.1 Å². The Kier molecular flexibility index (Phi) is 11.6. The van der Waals surface area contributed by atoms with E-state index in [0.717, 1.165) is 0 Å². The zero-order chi connectivity index (χ0) is 24.2. The minimum atomic E-state index is -1.65. The molecule has 0 aromatic rings. The van der Waals surface area contributed by atoms with E-state index in [-0.39, 0.29) is 40.4 Å². The predicted molar refractivity (Wildman–Crippen MR) is 140 cm³/mol. The number of rotatable bonds is 2. The van der Waals surface area contributed by atoms with Crippen LogP contribution in [0.25, 0.3) is 0 Å². The van der Waals surface area contributed by atoms with Gasteiger partial charge in [0.05, 0.1) is 8.07 Å². The van der Waals surface area contributed by atoms with Crippen LogP contribution < -0.4 is 0 Å². The molecule has 15 radical (unpaired) electrons. The third kappa shape index (κ3) is 5.44. The minimum absolute atomic E-state index is 0. The van der Waals surface area contributed by atoms with E-state index in [9.17, 15) is 0 Å². The van der Waals surface area contributed by atoms with E-state index < -0.39 is 8.07 Å². The Morgan fingerprint density at radius 2 is 0.406 bits per heavy atom. The van der Waals surface area contributed by atoms with Gasteiger partial charge in [-0.15, -0.1) is 0 Å². The van der Waals surface area contributed by atoms with Crippen LogP contribution in [0.1, 0.15) is 90.0 Å². The van der Waals surface area contributed by atoms with Crippen LogP contribution in [-0.2, 0) is 0 Å². The molecule has 3 saturated carbocycles. The molecule has 3 rings (SSSR count). The quantitative estimate of drug-likeness (QED) is 0.285. The van der Waals surface area contributed by atoms with Crippen molar-refractivity contribution >= 4 is 8.07 Å². The first kappa shape index (κ1) is 31.6. The molecule has 0 saturated heterocycles. The standard InChI is InChI=1S/C20H30Si.C10H15.Sm/c1-11-12(2)16(6)19(15(11)5)21(9,10)20-17(7)13(3)14(4)18(20)8;1-6-7(2)9(4)10(5)8(6)3;/h1-10H3;1-5H3;. The van der Waals surface area contributed by atoms with Crippen LogP contribution in [0, 0.1) is 128 Å². The molecule has 3 aliphatic rings. The smallest absolute Gasteiger partial charge is 0.0633 e. The molecule has 0 spiro atoms. The second-order valence-corrected chi connectivity index (χ2v) is 14.8. The second-order valence-electron chi connectivity index (χ2n) is 10.5. The Labute approximate surface area is 237 Å². The monoisotopic (exact) mass is 585 g/mol. The van der Waals surface area contributed by atoms with E-state index in [0.29, 0.717) is 0 Å². The Morgan fingerprint density at radius 3 is 0.562 bits per heavy atom. The van der Waals surface area contributed by atoms with Crippen LogP contribution in [0.3, 0.4) is 0 Å². The zero-order valence-electron chi connectivity index (χ0n) is 23.4. The van der Waals surface area contributed by atoms with Gasteiger partial charge in [-0.25, -0.2) is 0 Å². The van der Waals surface area contributed by atoms with Gasteiger partial charge in [0.25, 0.3) is 0 Å². The average molecular weight is 584 g/mol. The molecular formula is C30H45SiSm. The Balaban J connectivity index is 0.000000393. The number of hydrogen-bond acceptors (Lipinski definition) is 0. The largest absolute Gasteiger partial charge is 0.0684 e. The van der Waals surface area contributed by atoms with Crippen molar-refractivity contribution < 1.29 is 40.4 Å². The molecule has 0 bridgehead atoms. The van der Waals surface area contributed by atoms with E-state index in [4.69, 9.17) is 0 Å². The summed E-state index contributed by atoms with van der Waals surface area (Å²) in [7, 11) is -1.65. The summed E-state index contributed by atoms with van der Waals surface area (Å²) in [5.41, 5.74) is 3.35. The summed E-state index contributed by atoms with van der Waals surface area (Å²) in [6.45, 7) is 34.5. The topological polar surface area (TPSA) is 0 Å². The van der Waals surface area contributed by atoms with Crippen LogP contribution in [0.5, 0.6) is 0 Å². The molecule has 175 valence electrons. The van der Waals surface area contributed by atoms with Crippen molar-refractivity contribution in [3.8, 4) is 0 Å². The summed E-state index contributed by atoms with van der Waals surface area (Å²) in [6, 6.07) is 0. The van der Waals surface area contributed by atoms with Crippen molar-refractivity contribution in [3.63, 3.8) is 0 Å². The normalized spacial score (nSPS) is 28.2. The molecule has 0 heterocycles. The summed E-state index contributed by atoms with van der Waals surface area (Å²) in [6.07, 6.45) is 0. The summed E-state index contributed by atoms with van der Waals surface area (Å²) in [4.78, 5) is 0. The summed E-state index contributed by atoms with van der Waals surface area (Å²) < 4.78 is 0. The van der Waals surface area contributed by atoms with E-state index in [1.807, 2.05) is 0 Å². The summed E-state index contributed by atoms with van der Waals surface area (Å²) >= 11 is 0. The molecule has 0 aromatic carbocycles. The second kappa shape index (κ2) is 11.7. The van der Waals surface area contributed by atoms with Crippen LogP contribution in [0.15, 0.2) is 0 Å². The summed E-state index contributed by atoms with van der Waals surface area (Å²) in [5.74, 6) is 19.5. The maximum absolute atomic E-state index is 2.54. The predicted octanol–water partition coefficient (Wildman–Crippen LogP) is 8.68. The van der Waals surface area contributed by atoms with E-state index in [1.165, 1.54) is 76.9 Å². The van der Waals surface area contributed by atoms with Crippen LogP contribution in [-0.4, -0.2) is 8.07 Å². The van der Waals surface area contributed by atoms with Gasteiger partial charge in [0.15, 0.2) is 0 Å². The molecule has 0 aromatic heterocycles. The van der Waals surface area contributed by atoms with Gasteiger partial charge >= 0.3 is 0 Å². The molecule has 0 atom stereocenters. The van der Waals surface area contributed by atoms with Crippen molar-refractivity contribution in [3.05, 3.63) is 88.0 Å². The molecule has 3 aliphatic carbocycles. The number of hydrogen-bond donors (Lipinski definition) is 0. The first-order valence-electron chi connectivity index (χ1n) is 11.8. The molecule has 0 nitrogen and oxygen atoms in total. The van der Waals surface area contributed by atoms with Crippen molar-refractivity contribution in [2.24, 2.45) is 0 Å². The molecule has 0 unspecified atom stereocenters. The van der Waals surface area contributed by atoms with Crippen LogP contribution in [0.4, 0.5) is 0 Å². The van der Waals surface area contributed by atoms with E-state index in [1.54, 1.807) is 11.1 Å². The fourth-order valence-corrected chi connectivity index (χ4v) is 10.6. The van der Waals surface area contributed by atoms with Crippen molar-refractivity contribution in [2.45, 2.75) is 103 Å². The maximum atomic E-state index is 2.54. The molecule has 0 aliphatic heterocycles. The van der Waals surface area contributed by atoms with Gasteiger partial charge in [0.2, 0.25) is 0 Å². The molecule has 0 amide bonds. The van der Waals surface area contributed by atoms with Crippen LogP contribution >= 0.6 is 0 Å². The van der Waals surface area contributed by atoms with E-state index >= 15 is 0 Å². The van der Waals surface area contributed by atoms with Gasteiger partial charge in [0.1, 0.15) is 0 Å². The first-order chi connectivity index (χ1) is 14.1. The molecule has 3 fully saturated rings. The minimum Gasteiger partial charge on any atom is -0.0684 e. The fourth-order valence-electron chi connectivity index (χ4n) is 5.84. The van der Waals surface area contributed by atoms with Crippen molar-refractivity contribution in [1.82, 2.24) is 0 Å². The zero-order valence-corrected chi connectivity index (χ0v) is 27.0. The third-order valence-electron chi connectivity index (χ3n) is 8.94. The average Bonchev–Trinajstić information content (AvgIpc) is 3.11. The Hall–Kier alpha value is 1.55.